The molecule has 2 saturated heterocycles. The second-order valence-electron chi connectivity index (χ2n) is 8.51. The zero-order valence-corrected chi connectivity index (χ0v) is 17.9. The molecule has 2 heterocycles. The highest BCUT2D eigenvalue weighted by atomic mass is 32.2. The van der Waals surface area contributed by atoms with Gasteiger partial charge in [-0.1, -0.05) is 32.0 Å². The van der Waals surface area contributed by atoms with Gasteiger partial charge in [-0.05, 0) is 44.6 Å². The summed E-state index contributed by atoms with van der Waals surface area (Å²) in [6.45, 7) is 4.94. The van der Waals surface area contributed by atoms with E-state index >= 15 is 0 Å². The Bertz CT molecular complexity index is 896. The van der Waals surface area contributed by atoms with Gasteiger partial charge in [0.05, 0.1) is 18.2 Å². The molecule has 7 nitrogen and oxygen atoms in total. The van der Waals surface area contributed by atoms with Gasteiger partial charge in [0.25, 0.3) is 0 Å². The number of carbonyl (C=O) groups excluding carboxylic acids is 2. The SMILES string of the molecule is CC(C)C1C(=O)N(S(C)(=O)=O)C2(C(=O)c3cccc(CN(C)C)c3)CCNC12. The Hall–Kier alpha value is -1.77. The van der Waals surface area contributed by atoms with Crippen molar-refractivity contribution in [1.82, 2.24) is 14.5 Å². The number of ketones is 1. The van der Waals surface area contributed by atoms with Crippen molar-refractivity contribution in [3.8, 4) is 0 Å². The molecule has 8 heteroatoms. The number of hydrogen-bond acceptors (Lipinski definition) is 6. The molecule has 1 amide bonds. The third-order valence-electron chi connectivity index (χ3n) is 5.72. The molecule has 3 rings (SSSR count). The molecule has 3 atom stereocenters. The lowest BCUT2D eigenvalue weighted by molar-refractivity contribution is -0.129. The van der Waals surface area contributed by atoms with Gasteiger partial charge in [0.1, 0.15) is 5.54 Å². The highest BCUT2D eigenvalue weighted by Gasteiger charge is 2.67. The smallest absolute Gasteiger partial charge is 0.242 e. The Balaban J connectivity index is 2.13. The van der Waals surface area contributed by atoms with E-state index in [1.54, 1.807) is 12.1 Å². The monoisotopic (exact) mass is 407 g/mol. The van der Waals surface area contributed by atoms with Crippen LogP contribution >= 0.6 is 0 Å². The molecular formula is C20H29N3O4S. The number of nitrogens with zero attached hydrogens (tertiary/aromatic N) is 2. The molecule has 2 aliphatic heterocycles. The van der Waals surface area contributed by atoms with Crippen LogP contribution in [-0.4, -0.2) is 67.8 Å². The van der Waals surface area contributed by atoms with E-state index < -0.39 is 33.4 Å². The molecule has 0 radical (unpaired) electrons. The summed E-state index contributed by atoms with van der Waals surface area (Å²) in [4.78, 5) is 28.9. The molecule has 1 aromatic carbocycles. The molecule has 3 unspecified atom stereocenters. The number of rotatable bonds is 6. The summed E-state index contributed by atoms with van der Waals surface area (Å²) in [5, 5.41) is 3.26. The van der Waals surface area contributed by atoms with Crippen LogP contribution in [0.15, 0.2) is 24.3 Å². The average molecular weight is 408 g/mol. The van der Waals surface area contributed by atoms with Gasteiger partial charge < -0.3 is 10.2 Å². The zero-order valence-electron chi connectivity index (χ0n) is 17.1. The maximum atomic E-state index is 13.7. The van der Waals surface area contributed by atoms with Gasteiger partial charge in [0.2, 0.25) is 15.9 Å². The molecule has 0 saturated carbocycles. The first-order valence-electron chi connectivity index (χ1n) is 9.56. The van der Waals surface area contributed by atoms with Crippen LogP contribution in [0.2, 0.25) is 0 Å². The Labute approximate surface area is 167 Å². The van der Waals surface area contributed by atoms with E-state index in [0.29, 0.717) is 18.7 Å². The molecule has 0 aliphatic carbocycles. The number of carbonyl (C=O) groups is 2. The van der Waals surface area contributed by atoms with Gasteiger partial charge in [0, 0.05) is 12.1 Å². The van der Waals surface area contributed by atoms with Crippen LogP contribution < -0.4 is 5.32 Å². The summed E-state index contributed by atoms with van der Waals surface area (Å²) < 4.78 is 26.1. The third-order valence-corrected chi connectivity index (χ3v) is 6.89. The van der Waals surface area contributed by atoms with E-state index in [9.17, 15) is 18.0 Å². The van der Waals surface area contributed by atoms with Crippen LogP contribution in [0, 0.1) is 11.8 Å². The summed E-state index contributed by atoms with van der Waals surface area (Å²) in [7, 11) is -0.0125. The number of amides is 1. The number of benzene rings is 1. The number of nitrogens with one attached hydrogen (secondary N) is 1. The maximum Gasteiger partial charge on any atom is 0.242 e. The van der Waals surface area contributed by atoms with E-state index in [1.165, 1.54) is 0 Å². The number of sulfonamides is 1. The van der Waals surface area contributed by atoms with E-state index in [-0.39, 0.29) is 18.1 Å². The van der Waals surface area contributed by atoms with E-state index in [0.717, 1.165) is 16.1 Å². The fourth-order valence-electron chi connectivity index (χ4n) is 4.77. The first kappa shape index (κ1) is 21.0. The van der Waals surface area contributed by atoms with Gasteiger partial charge in [-0.25, -0.2) is 12.7 Å². The summed E-state index contributed by atoms with van der Waals surface area (Å²) >= 11 is 0. The molecule has 0 spiro atoms. The van der Waals surface area contributed by atoms with Gasteiger partial charge in [-0.2, -0.15) is 0 Å². The molecular weight excluding hydrogens is 378 g/mol. The van der Waals surface area contributed by atoms with Crippen LogP contribution in [0.1, 0.15) is 36.2 Å². The van der Waals surface area contributed by atoms with Crippen molar-refractivity contribution in [3.05, 3.63) is 35.4 Å². The summed E-state index contributed by atoms with van der Waals surface area (Å²) in [5.41, 5.74) is 0.0142. The second kappa shape index (κ2) is 7.24. The van der Waals surface area contributed by atoms with Crippen molar-refractivity contribution in [2.24, 2.45) is 11.8 Å². The summed E-state index contributed by atoms with van der Waals surface area (Å²) in [6, 6.07) is 6.74. The standard InChI is InChI=1S/C20H29N3O4S/c1-13(2)16-17-20(9-10-21-17,23(19(16)25)28(5,26)27)18(24)15-8-6-7-14(11-15)12-22(3)4/h6-8,11,13,16-17,21H,9-10,12H2,1-5H3. The molecule has 28 heavy (non-hydrogen) atoms. The predicted octanol–water partition coefficient (Wildman–Crippen LogP) is 1.11. The molecule has 1 aromatic rings. The summed E-state index contributed by atoms with van der Waals surface area (Å²) in [5.74, 6) is -1.41. The van der Waals surface area contributed by atoms with Gasteiger partial charge >= 0.3 is 0 Å². The molecule has 1 N–H and O–H groups in total. The fourth-order valence-corrected chi connectivity index (χ4v) is 6.10. The fraction of sp³-hybridized carbons (Fsp3) is 0.600. The second-order valence-corrected chi connectivity index (χ2v) is 10.3. The Morgan fingerprint density at radius 2 is 2.04 bits per heavy atom. The van der Waals surface area contributed by atoms with Crippen molar-refractivity contribution in [2.45, 2.75) is 38.4 Å². The highest BCUT2D eigenvalue weighted by molar-refractivity contribution is 7.89. The van der Waals surface area contributed by atoms with E-state index in [2.05, 4.69) is 5.32 Å². The van der Waals surface area contributed by atoms with Crippen LogP contribution in [-0.2, 0) is 21.4 Å². The number of fused-ring (bicyclic) bond motifs is 1. The Kier molecular flexibility index (Phi) is 5.42. The van der Waals surface area contributed by atoms with E-state index in [1.807, 2.05) is 45.0 Å². The first-order chi connectivity index (χ1) is 13.0. The average Bonchev–Trinajstić information content (AvgIpc) is 3.07. The van der Waals surface area contributed by atoms with Crippen LogP contribution in [0.3, 0.4) is 0 Å². The van der Waals surface area contributed by atoms with E-state index in [4.69, 9.17) is 0 Å². The van der Waals surface area contributed by atoms with Crippen molar-refractivity contribution < 1.29 is 18.0 Å². The highest BCUT2D eigenvalue weighted by Crippen LogP contribution is 2.46. The molecule has 154 valence electrons. The lowest BCUT2D eigenvalue weighted by atomic mass is 9.78. The zero-order chi connectivity index (χ0) is 20.9. The minimum atomic E-state index is -3.90. The largest absolute Gasteiger partial charge is 0.310 e. The first-order valence-corrected chi connectivity index (χ1v) is 11.4. The Morgan fingerprint density at radius 3 is 2.61 bits per heavy atom. The maximum absolute atomic E-state index is 13.7. The quantitative estimate of drug-likeness (QED) is 0.711. The van der Waals surface area contributed by atoms with Crippen LogP contribution in [0.25, 0.3) is 0 Å². The van der Waals surface area contributed by atoms with Crippen molar-refractivity contribution >= 4 is 21.7 Å². The third kappa shape index (κ3) is 3.27. The minimum Gasteiger partial charge on any atom is -0.310 e. The minimum absolute atomic E-state index is 0.0814. The number of Topliss-reactive ketones (excluding diaryl/α,β-unsaturated/α-hetero) is 1. The van der Waals surface area contributed by atoms with Crippen LogP contribution in [0.4, 0.5) is 0 Å². The Morgan fingerprint density at radius 1 is 1.36 bits per heavy atom. The van der Waals surface area contributed by atoms with Gasteiger partial charge in [-0.15, -0.1) is 0 Å². The molecule has 0 aromatic heterocycles. The topological polar surface area (TPSA) is 86.8 Å². The molecule has 0 bridgehead atoms. The predicted molar refractivity (Wildman–Crippen MR) is 107 cm³/mol. The molecule has 2 aliphatic rings. The van der Waals surface area contributed by atoms with Crippen molar-refractivity contribution in [2.75, 3.05) is 26.9 Å². The van der Waals surface area contributed by atoms with Crippen LogP contribution in [0.5, 0.6) is 0 Å². The number of hydrogen-bond donors (Lipinski definition) is 1. The lowest BCUT2D eigenvalue weighted by Gasteiger charge is -2.35. The summed E-state index contributed by atoms with van der Waals surface area (Å²) in [6.07, 6.45) is 1.30. The lowest BCUT2D eigenvalue weighted by Crippen LogP contribution is -2.58. The normalized spacial score (nSPS) is 27.7. The van der Waals surface area contributed by atoms with Crippen molar-refractivity contribution in [3.63, 3.8) is 0 Å². The molecule has 2 fully saturated rings. The van der Waals surface area contributed by atoms with Crippen molar-refractivity contribution in [1.29, 1.82) is 0 Å². The van der Waals surface area contributed by atoms with Gasteiger partial charge in [0.15, 0.2) is 5.78 Å². The van der Waals surface area contributed by atoms with Gasteiger partial charge in [-0.3, -0.25) is 9.59 Å².